The number of sulfonamides is 1. The van der Waals surface area contributed by atoms with Crippen LogP contribution in [0.15, 0.2) is 51.2 Å². The average Bonchev–Trinajstić information content (AvgIpc) is 2.72. The Kier molecular flexibility index (Phi) is 10.1. The van der Waals surface area contributed by atoms with Crippen LogP contribution in [-0.4, -0.2) is 43.9 Å². The number of hydrogen-bond donors (Lipinski definition) is 5. The molecular weight excluding hydrogens is 466 g/mol. The van der Waals surface area contributed by atoms with Gasteiger partial charge in [-0.05, 0) is 48.5 Å². The molecule has 34 heavy (non-hydrogen) atoms. The number of rotatable bonds is 10. The number of nitrogens with two attached hydrogens (primary N) is 2. The maximum absolute atomic E-state index is 12.8. The van der Waals surface area contributed by atoms with Crippen molar-refractivity contribution in [2.24, 2.45) is 16.6 Å². The summed E-state index contributed by atoms with van der Waals surface area (Å²) >= 11 is 0. The summed E-state index contributed by atoms with van der Waals surface area (Å²) < 4.78 is 28.7. The molecule has 1 aromatic carbocycles. The Bertz CT molecular complexity index is 1200. The highest BCUT2D eigenvalue weighted by Gasteiger charge is 2.18. The van der Waals surface area contributed by atoms with Gasteiger partial charge in [0.15, 0.2) is 0 Å². The smallest absolute Gasteiger partial charge is 0.275 e. The lowest BCUT2D eigenvalue weighted by atomic mass is 10.3. The number of oxime groups is 1. The maximum Gasteiger partial charge on any atom is 0.275 e. The lowest BCUT2D eigenvalue weighted by molar-refractivity contribution is -0.122. The highest BCUT2D eigenvalue weighted by molar-refractivity contribution is 7.92. The minimum absolute atomic E-state index is 0. The Labute approximate surface area is 197 Å². The van der Waals surface area contributed by atoms with Gasteiger partial charge >= 0.3 is 0 Å². The predicted molar refractivity (Wildman–Crippen MR) is 128 cm³/mol. The van der Waals surface area contributed by atoms with Crippen molar-refractivity contribution in [1.29, 1.82) is 0 Å². The summed E-state index contributed by atoms with van der Waals surface area (Å²) in [6, 6.07) is 8.25. The quantitative estimate of drug-likeness (QED) is 0.130. The van der Waals surface area contributed by atoms with E-state index in [1.54, 1.807) is 6.92 Å². The molecule has 2 aromatic rings. The van der Waals surface area contributed by atoms with E-state index in [2.05, 4.69) is 20.5 Å². The third kappa shape index (κ3) is 8.12. The monoisotopic (exact) mass is 495 g/mol. The van der Waals surface area contributed by atoms with Gasteiger partial charge < -0.3 is 31.5 Å². The Balaban J connectivity index is 0.00000578. The zero-order valence-corrected chi connectivity index (χ0v) is 18.8. The lowest BCUT2D eigenvalue weighted by Crippen LogP contribution is -2.36. The first-order valence-corrected chi connectivity index (χ1v) is 11.1. The van der Waals surface area contributed by atoms with Gasteiger partial charge in [-0.2, -0.15) is 0 Å². The van der Waals surface area contributed by atoms with Gasteiger partial charge in [0.05, 0.1) is 11.4 Å². The van der Waals surface area contributed by atoms with Crippen LogP contribution in [0.3, 0.4) is 0 Å². The number of carbonyl (C=O) groups is 2. The molecule has 0 spiro atoms. The minimum Gasteiger partial charge on any atom is -0.391 e. The van der Waals surface area contributed by atoms with Gasteiger partial charge in [0.25, 0.3) is 15.6 Å². The molecule has 0 fully saturated rings. The van der Waals surface area contributed by atoms with Crippen molar-refractivity contribution >= 4 is 39.2 Å². The van der Waals surface area contributed by atoms with Crippen molar-refractivity contribution in [1.82, 2.24) is 9.88 Å². The molecule has 0 atom stereocenters. The SMILES string of the molecule is C.CC(=O)Nc1ccc(S(=O)(=O)Nc2ccc(C)n(CC(=O)NCCON=C(N)N)c2=O)cc1. The number of aryl methyl sites for hydroxylation is 1. The first-order chi connectivity index (χ1) is 15.5. The lowest BCUT2D eigenvalue weighted by Gasteiger charge is -2.14. The first-order valence-electron chi connectivity index (χ1n) is 9.58. The Morgan fingerprint density at radius 1 is 1.12 bits per heavy atom. The van der Waals surface area contributed by atoms with E-state index in [0.29, 0.717) is 11.4 Å². The molecule has 1 heterocycles. The van der Waals surface area contributed by atoms with Crippen molar-refractivity contribution in [2.75, 3.05) is 23.2 Å². The molecule has 7 N–H and O–H groups in total. The number of hydrogen-bond acceptors (Lipinski definition) is 7. The van der Waals surface area contributed by atoms with Gasteiger partial charge in [0, 0.05) is 18.3 Å². The molecule has 14 heteroatoms. The van der Waals surface area contributed by atoms with Gasteiger partial charge in [-0.3, -0.25) is 19.1 Å². The summed E-state index contributed by atoms with van der Waals surface area (Å²) in [5, 5.41) is 8.36. The minimum atomic E-state index is -4.09. The second kappa shape index (κ2) is 12.2. The fraction of sp³-hybridized carbons (Fsp3) is 0.300. The summed E-state index contributed by atoms with van der Waals surface area (Å²) in [5.41, 5.74) is 10.2. The number of benzene rings is 1. The van der Waals surface area contributed by atoms with E-state index < -0.39 is 21.5 Å². The summed E-state index contributed by atoms with van der Waals surface area (Å²) in [6.07, 6.45) is 0. The number of pyridine rings is 1. The second-order valence-corrected chi connectivity index (χ2v) is 8.47. The molecule has 1 aromatic heterocycles. The summed E-state index contributed by atoms with van der Waals surface area (Å²) in [7, 11) is -4.09. The topological polar surface area (TPSA) is 200 Å². The van der Waals surface area contributed by atoms with Crippen LogP contribution >= 0.6 is 0 Å². The molecule has 2 rings (SSSR count). The van der Waals surface area contributed by atoms with Crippen LogP contribution in [0.2, 0.25) is 0 Å². The van der Waals surface area contributed by atoms with Crippen molar-refractivity contribution in [3.05, 3.63) is 52.4 Å². The van der Waals surface area contributed by atoms with E-state index in [9.17, 15) is 22.8 Å². The standard InChI is InChI=1S/C19H25N7O6S.CH4/c1-12-3-8-16(18(29)26(12)11-17(28)22-9-10-32-24-19(20)21)25-33(30,31)15-6-4-14(5-7-15)23-13(2)27;/h3-8,25H,9-11H2,1-2H3,(H,22,28)(H,23,27)(H4,20,21,24);1H4. The largest absolute Gasteiger partial charge is 0.391 e. The fourth-order valence-corrected chi connectivity index (χ4v) is 3.68. The van der Waals surface area contributed by atoms with Crippen molar-refractivity contribution in [2.45, 2.75) is 32.7 Å². The average molecular weight is 496 g/mol. The van der Waals surface area contributed by atoms with E-state index >= 15 is 0 Å². The molecule has 0 saturated carbocycles. The third-order valence-corrected chi connectivity index (χ3v) is 5.49. The summed E-state index contributed by atoms with van der Waals surface area (Å²) in [6.45, 7) is 2.70. The predicted octanol–water partition coefficient (Wildman–Crippen LogP) is -0.127. The first kappa shape index (κ1) is 28.0. The molecule has 0 radical (unpaired) electrons. The number of anilines is 2. The highest BCUT2D eigenvalue weighted by Crippen LogP contribution is 2.17. The second-order valence-electron chi connectivity index (χ2n) is 6.79. The molecule has 0 saturated heterocycles. The normalized spacial score (nSPS) is 10.4. The van der Waals surface area contributed by atoms with Crippen LogP contribution < -0.4 is 32.4 Å². The highest BCUT2D eigenvalue weighted by atomic mass is 32.2. The van der Waals surface area contributed by atoms with Crippen molar-refractivity contribution in [3.8, 4) is 0 Å². The zero-order valence-electron chi connectivity index (χ0n) is 18.0. The van der Waals surface area contributed by atoms with E-state index in [0.717, 1.165) is 4.57 Å². The number of carbonyl (C=O) groups excluding carboxylic acids is 2. The summed E-state index contributed by atoms with van der Waals surface area (Å²) in [4.78, 5) is 40.7. The van der Waals surface area contributed by atoms with Gasteiger partial charge in [0.1, 0.15) is 18.8 Å². The van der Waals surface area contributed by atoms with Crippen molar-refractivity contribution in [3.63, 3.8) is 0 Å². The summed E-state index contributed by atoms with van der Waals surface area (Å²) in [5.74, 6) is -1.05. The molecule has 186 valence electrons. The fourth-order valence-electron chi connectivity index (χ4n) is 2.63. The molecule has 0 aliphatic heterocycles. The molecule has 13 nitrogen and oxygen atoms in total. The number of amides is 2. The van der Waals surface area contributed by atoms with Crippen molar-refractivity contribution < 1.29 is 22.8 Å². The van der Waals surface area contributed by atoms with E-state index in [4.69, 9.17) is 16.3 Å². The molecule has 0 bridgehead atoms. The third-order valence-electron chi connectivity index (χ3n) is 4.11. The Morgan fingerprint density at radius 2 is 1.76 bits per heavy atom. The Morgan fingerprint density at radius 3 is 2.35 bits per heavy atom. The molecule has 0 aliphatic carbocycles. The number of nitrogens with one attached hydrogen (secondary N) is 3. The number of guanidine groups is 1. The van der Waals surface area contributed by atoms with Crippen LogP contribution in [0, 0.1) is 6.92 Å². The van der Waals surface area contributed by atoms with Gasteiger partial charge in [-0.15, -0.1) is 0 Å². The van der Waals surface area contributed by atoms with Crippen LogP contribution in [-0.2, 0) is 31.0 Å². The van der Waals surface area contributed by atoms with Crippen LogP contribution in [0.5, 0.6) is 0 Å². The van der Waals surface area contributed by atoms with E-state index in [1.807, 2.05) is 0 Å². The van der Waals surface area contributed by atoms with Gasteiger partial charge in [-0.1, -0.05) is 7.43 Å². The van der Waals surface area contributed by atoms with E-state index in [1.165, 1.54) is 43.3 Å². The van der Waals surface area contributed by atoms with Crippen LogP contribution in [0.4, 0.5) is 11.4 Å². The van der Waals surface area contributed by atoms with Gasteiger partial charge in [0.2, 0.25) is 17.8 Å². The van der Waals surface area contributed by atoms with E-state index in [-0.39, 0.29) is 49.6 Å². The van der Waals surface area contributed by atoms with Crippen LogP contribution in [0.1, 0.15) is 20.0 Å². The molecule has 0 unspecified atom stereocenters. The maximum atomic E-state index is 12.8. The number of aromatic nitrogens is 1. The number of nitrogens with zero attached hydrogens (tertiary/aromatic N) is 2. The molecule has 0 aliphatic rings. The Hall–Kier alpha value is -4.07. The zero-order chi connectivity index (χ0) is 24.6. The molecule has 2 amide bonds. The molecular formula is C20H29N7O6S. The van der Waals surface area contributed by atoms with Gasteiger partial charge in [-0.25, -0.2) is 8.42 Å². The van der Waals surface area contributed by atoms with Crippen LogP contribution in [0.25, 0.3) is 0 Å².